The van der Waals surface area contributed by atoms with Gasteiger partial charge in [-0.2, -0.15) is 4.39 Å². The van der Waals surface area contributed by atoms with E-state index in [2.05, 4.69) is 20.5 Å². The van der Waals surface area contributed by atoms with Crippen LogP contribution in [0.5, 0.6) is 5.75 Å². The number of nitrogens with one attached hydrogen (secondary N) is 2. The van der Waals surface area contributed by atoms with Crippen molar-refractivity contribution < 1.29 is 28.2 Å². The third-order valence-corrected chi connectivity index (χ3v) is 6.48. The highest BCUT2D eigenvalue weighted by Crippen LogP contribution is 2.30. The van der Waals surface area contributed by atoms with Crippen molar-refractivity contribution in [3.63, 3.8) is 0 Å². The van der Waals surface area contributed by atoms with Gasteiger partial charge in [-0.1, -0.05) is 11.6 Å². The number of rotatable bonds is 8. The molecule has 12 heteroatoms. The maximum atomic E-state index is 14.5. The molecule has 1 saturated heterocycles. The van der Waals surface area contributed by atoms with Crippen LogP contribution in [0, 0.1) is 11.6 Å². The Bertz CT molecular complexity index is 1330. The Morgan fingerprint density at radius 1 is 1.22 bits per heavy atom. The van der Waals surface area contributed by atoms with Crippen LogP contribution in [0.4, 0.5) is 14.5 Å². The van der Waals surface area contributed by atoms with E-state index in [0.717, 1.165) is 13.0 Å². The lowest BCUT2D eigenvalue weighted by Gasteiger charge is -2.15. The lowest BCUT2D eigenvalue weighted by Crippen LogP contribution is -2.34. The van der Waals surface area contributed by atoms with Gasteiger partial charge < -0.3 is 25.0 Å². The second-order valence-corrected chi connectivity index (χ2v) is 9.02. The Hall–Kier alpha value is -3.54. The molecule has 0 radical (unpaired) electrons. The van der Waals surface area contributed by atoms with Crippen molar-refractivity contribution in [2.24, 2.45) is 7.05 Å². The Labute approximate surface area is 217 Å². The summed E-state index contributed by atoms with van der Waals surface area (Å²) in [4.78, 5) is 31.4. The number of halogens is 3. The molecule has 1 aliphatic heterocycles. The quantitative estimate of drug-likeness (QED) is 0.411. The molecule has 2 aromatic carbocycles. The highest BCUT2D eigenvalue weighted by Gasteiger charge is 2.22. The molecule has 1 aliphatic rings. The maximum Gasteiger partial charge on any atom is 0.291 e. The molecule has 1 aromatic heterocycles. The van der Waals surface area contributed by atoms with E-state index in [1.807, 2.05) is 0 Å². The van der Waals surface area contributed by atoms with Crippen molar-refractivity contribution in [2.45, 2.75) is 12.5 Å². The number of anilines is 1. The van der Waals surface area contributed by atoms with Crippen LogP contribution < -0.4 is 15.4 Å². The first-order valence-electron chi connectivity index (χ1n) is 11.5. The Kier molecular flexibility index (Phi) is 8.06. The number of carbonyl (C=O) groups is 2. The van der Waals surface area contributed by atoms with Crippen molar-refractivity contribution in [2.75, 3.05) is 38.6 Å². The third-order valence-electron chi connectivity index (χ3n) is 6.17. The van der Waals surface area contributed by atoms with Crippen molar-refractivity contribution >= 4 is 29.1 Å². The zero-order valence-electron chi connectivity index (χ0n) is 20.2. The smallest absolute Gasteiger partial charge is 0.291 e. The molecule has 1 fully saturated rings. The van der Waals surface area contributed by atoms with E-state index in [0.29, 0.717) is 25.3 Å². The summed E-state index contributed by atoms with van der Waals surface area (Å²) < 4.78 is 34.8. The largest absolute Gasteiger partial charge is 0.494 e. The fourth-order valence-corrected chi connectivity index (χ4v) is 4.43. The van der Waals surface area contributed by atoms with Crippen LogP contribution in [0.2, 0.25) is 5.02 Å². The number of carbonyl (C=O) groups excluding carboxylic acids is 2. The van der Waals surface area contributed by atoms with Gasteiger partial charge in [0, 0.05) is 44.5 Å². The summed E-state index contributed by atoms with van der Waals surface area (Å²) in [7, 11) is 2.74. The predicted octanol–water partition coefficient (Wildman–Crippen LogP) is 3.08. The van der Waals surface area contributed by atoms with Crippen LogP contribution in [0.1, 0.15) is 27.4 Å². The summed E-state index contributed by atoms with van der Waals surface area (Å²) in [6.45, 7) is 2.40. The fourth-order valence-electron chi connectivity index (χ4n) is 4.16. The van der Waals surface area contributed by atoms with Gasteiger partial charge in [-0.15, -0.1) is 0 Å². The third kappa shape index (κ3) is 5.74. The lowest BCUT2D eigenvalue weighted by molar-refractivity contribution is 0.0948. The van der Waals surface area contributed by atoms with Gasteiger partial charge in [0.15, 0.2) is 17.4 Å². The van der Waals surface area contributed by atoms with E-state index in [-0.39, 0.29) is 45.4 Å². The van der Waals surface area contributed by atoms with Crippen LogP contribution in [0.15, 0.2) is 36.5 Å². The summed E-state index contributed by atoms with van der Waals surface area (Å²) in [5, 5.41) is 15.2. The number of benzene rings is 2. The number of hydrogen-bond acceptors (Lipinski definition) is 6. The van der Waals surface area contributed by atoms with Crippen LogP contribution in [-0.4, -0.2) is 70.8 Å². The van der Waals surface area contributed by atoms with E-state index >= 15 is 0 Å². The van der Waals surface area contributed by atoms with E-state index in [1.165, 1.54) is 55.3 Å². The molecule has 0 saturated carbocycles. The molecule has 196 valence electrons. The number of likely N-dealkylation sites (tertiary alicyclic amines) is 1. The molecule has 2 heterocycles. The molecule has 37 heavy (non-hydrogen) atoms. The van der Waals surface area contributed by atoms with E-state index in [4.69, 9.17) is 16.3 Å². The minimum atomic E-state index is -1.14. The van der Waals surface area contributed by atoms with Crippen molar-refractivity contribution in [1.29, 1.82) is 0 Å². The standard InChI is InChI=1S/C25H26ClF2N5O4/c1-32-19(17-5-6-20(37-2)22(28)21(17)27)12-30-23(32)25(36)31-14-3-4-16(18(26)11-14)24(35)29-8-10-33-9-7-15(34)13-33/h3-6,11-12,15,34H,7-10,13H2,1-2H3,(H,29,35)(H,31,36). The second kappa shape index (κ2) is 11.2. The summed E-state index contributed by atoms with van der Waals surface area (Å²) in [6.07, 6.45) is 1.67. The van der Waals surface area contributed by atoms with Gasteiger partial charge in [-0.3, -0.25) is 14.5 Å². The molecule has 1 unspecified atom stereocenters. The van der Waals surface area contributed by atoms with Gasteiger partial charge in [0.05, 0.1) is 35.7 Å². The molecule has 4 rings (SSSR count). The van der Waals surface area contributed by atoms with Gasteiger partial charge in [-0.05, 0) is 36.8 Å². The lowest BCUT2D eigenvalue weighted by atomic mass is 10.1. The Balaban J connectivity index is 1.41. The van der Waals surface area contributed by atoms with Gasteiger partial charge in [0.1, 0.15) is 0 Å². The number of hydrogen-bond donors (Lipinski definition) is 3. The topological polar surface area (TPSA) is 109 Å². The average Bonchev–Trinajstić information content (AvgIpc) is 3.45. The monoisotopic (exact) mass is 533 g/mol. The molecule has 1 atom stereocenters. The maximum absolute atomic E-state index is 14.5. The SMILES string of the molecule is COc1ccc(-c2cnc(C(=O)Nc3ccc(C(=O)NCCN4CCC(O)C4)c(Cl)c3)n2C)c(F)c1F. The molecule has 9 nitrogen and oxygen atoms in total. The number of imidazole rings is 1. The number of aliphatic hydroxyl groups is 1. The first kappa shape index (κ1) is 26.5. The Morgan fingerprint density at radius 2 is 2.00 bits per heavy atom. The molecule has 0 bridgehead atoms. The van der Waals surface area contributed by atoms with Crippen molar-refractivity contribution in [1.82, 2.24) is 19.8 Å². The average molecular weight is 534 g/mol. The van der Waals surface area contributed by atoms with E-state index < -0.39 is 17.5 Å². The minimum absolute atomic E-state index is 0.0457. The Morgan fingerprint density at radius 3 is 2.68 bits per heavy atom. The van der Waals surface area contributed by atoms with E-state index in [9.17, 15) is 23.5 Å². The van der Waals surface area contributed by atoms with Crippen molar-refractivity contribution in [3.05, 3.63) is 64.6 Å². The molecule has 0 spiro atoms. The van der Waals surface area contributed by atoms with Gasteiger partial charge in [0.2, 0.25) is 5.82 Å². The van der Waals surface area contributed by atoms with Crippen LogP contribution in [0.25, 0.3) is 11.3 Å². The highest BCUT2D eigenvalue weighted by atomic mass is 35.5. The molecular formula is C25H26ClF2N5O4. The van der Waals surface area contributed by atoms with Gasteiger partial charge in [0.25, 0.3) is 11.8 Å². The van der Waals surface area contributed by atoms with Crippen molar-refractivity contribution in [3.8, 4) is 17.0 Å². The summed E-state index contributed by atoms with van der Waals surface area (Å²) in [5.41, 5.74) is 0.686. The first-order chi connectivity index (χ1) is 17.7. The number of nitrogens with zero attached hydrogens (tertiary/aromatic N) is 3. The number of methoxy groups -OCH3 is 1. The number of aliphatic hydroxyl groups excluding tert-OH is 1. The molecule has 3 aromatic rings. The number of β-amino-alcohol motifs (C(OH)–C–C–N with tert-alkyl or cyclic N) is 1. The summed E-state index contributed by atoms with van der Waals surface area (Å²) in [5.74, 6) is -3.50. The molecular weight excluding hydrogens is 508 g/mol. The number of aromatic nitrogens is 2. The van der Waals surface area contributed by atoms with Gasteiger partial charge >= 0.3 is 0 Å². The van der Waals surface area contributed by atoms with Crippen LogP contribution in [0.3, 0.4) is 0 Å². The summed E-state index contributed by atoms with van der Waals surface area (Å²) in [6, 6.07) is 7.09. The van der Waals surface area contributed by atoms with Crippen LogP contribution >= 0.6 is 11.6 Å². The van der Waals surface area contributed by atoms with Crippen LogP contribution in [-0.2, 0) is 7.05 Å². The zero-order valence-corrected chi connectivity index (χ0v) is 21.0. The highest BCUT2D eigenvalue weighted by molar-refractivity contribution is 6.34. The van der Waals surface area contributed by atoms with E-state index in [1.54, 1.807) is 0 Å². The normalized spacial score (nSPS) is 15.6. The fraction of sp³-hybridized carbons (Fsp3) is 0.320. The molecule has 0 aliphatic carbocycles. The second-order valence-electron chi connectivity index (χ2n) is 8.62. The number of amides is 2. The first-order valence-corrected chi connectivity index (χ1v) is 11.9. The molecule has 2 amide bonds. The number of ether oxygens (including phenoxy) is 1. The predicted molar refractivity (Wildman–Crippen MR) is 134 cm³/mol. The van der Waals surface area contributed by atoms with Gasteiger partial charge in [-0.25, -0.2) is 9.37 Å². The summed E-state index contributed by atoms with van der Waals surface area (Å²) >= 11 is 6.29. The zero-order chi connectivity index (χ0) is 26.7. The minimum Gasteiger partial charge on any atom is -0.494 e. The molecule has 3 N–H and O–H groups in total.